The molecule has 44 heavy (non-hydrogen) atoms. The first-order valence-electron chi connectivity index (χ1n) is 13.8. The summed E-state index contributed by atoms with van der Waals surface area (Å²) >= 11 is 12.7. The summed E-state index contributed by atoms with van der Waals surface area (Å²) in [4.78, 5) is 13.0. The van der Waals surface area contributed by atoms with Crippen LogP contribution in [0.3, 0.4) is 0 Å². The monoisotopic (exact) mass is 632 g/mol. The van der Waals surface area contributed by atoms with Gasteiger partial charge in [0.15, 0.2) is 5.75 Å². The maximum absolute atomic E-state index is 14.1. The first kappa shape index (κ1) is 30.7. The Kier molecular flexibility index (Phi) is 9.59. The van der Waals surface area contributed by atoms with Gasteiger partial charge in [0.05, 0.1) is 28.1 Å². The third kappa shape index (κ3) is 6.75. The van der Waals surface area contributed by atoms with E-state index in [1.165, 1.54) is 24.3 Å². The highest BCUT2D eigenvalue weighted by molar-refractivity contribution is 6.37. The van der Waals surface area contributed by atoms with Crippen molar-refractivity contribution in [3.05, 3.63) is 128 Å². The summed E-state index contributed by atoms with van der Waals surface area (Å²) in [6.45, 7) is 2.52. The summed E-state index contributed by atoms with van der Waals surface area (Å²) in [7, 11) is 0. The van der Waals surface area contributed by atoms with Crippen molar-refractivity contribution in [1.82, 2.24) is 0 Å². The lowest BCUT2D eigenvalue weighted by atomic mass is 9.83. The number of allylic oxidation sites excluding steroid dienone is 1. The van der Waals surface area contributed by atoms with E-state index in [0.717, 1.165) is 12.8 Å². The molecule has 7 nitrogen and oxygen atoms in total. The normalized spacial score (nSPS) is 13.8. The number of halogens is 3. The molecule has 1 unspecified atom stereocenters. The minimum atomic E-state index is -0.692. The van der Waals surface area contributed by atoms with Crippen LogP contribution in [0.15, 0.2) is 90.3 Å². The van der Waals surface area contributed by atoms with Crippen LogP contribution in [-0.2, 0) is 6.61 Å². The van der Waals surface area contributed by atoms with Gasteiger partial charge >= 0.3 is 5.97 Å². The second-order valence-corrected chi connectivity index (χ2v) is 10.8. The lowest BCUT2D eigenvalue weighted by molar-refractivity contribution is 0.0734. The molecular formula is C34H27Cl2FN2O5. The maximum atomic E-state index is 14.1. The van der Waals surface area contributed by atoms with Crippen molar-refractivity contribution in [2.45, 2.75) is 32.3 Å². The van der Waals surface area contributed by atoms with Gasteiger partial charge in [-0.15, -0.1) is 0 Å². The summed E-state index contributed by atoms with van der Waals surface area (Å²) in [6.07, 6.45) is 1.78. The standard InChI is InChI=1S/C34H27Cl2FN2O5/c1-2-3-13-41-32-27(35)15-22(16-28(32)36)34(40)43-24-11-12-25-30(17-24)44-33(39)26(18-38)31(25)20-8-6-9-23(14-20)42-19-21-7-4-5-10-29(21)37/h4-12,14-17,31H,2-3,13,19,39H2,1H3. The van der Waals surface area contributed by atoms with Gasteiger partial charge in [-0.3, -0.25) is 0 Å². The van der Waals surface area contributed by atoms with Crippen LogP contribution in [0.1, 0.15) is 52.7 Å². The van der Waals surface area contributed by atoms with E-state index in [2.05, 4.69) is 6.07 Å². The molecule has 0 spiro atoms. The molecule has 4 aromatic rings. The number of nitriles is 1. The molecule has 0 saturated heterocycles. The van der Waals surface area contributed by atoms with Gasteiger partial charge in [-0.25, -0.2) is 9.18 Å². The van der Waals surface area contributed by atoms with Crippen molar-refractivity contribution in [1.29, 1.82) is 5.26 Å². The lowest BCUT2D eigenvalue weighted by Gasteiger charge is -2.27. The van der Waals surface area contributed by atoms with E-state index in [9.17, 15) is 14.4 Å². The first-order chi connectivity index (χ1) is 21.3. The number of nitrogens with two attached hydrogens (primary N) is 1. The average Bonchev–Trinajstić information content (AvgIpc) is 3.01. The van der Waals surface area contributed by atoms with E-state index in [4.69, 9.17) is 47.9 Å². The number of esters is 1. The Bertz CT molecular complexity index is 1760. The van der Waals surface area contributed by atoms with Crippen LogP contribution >= 0.6 is 23.2 Å². The zero-order valence-electron chi connectivity index (χ0n) is 23.6. The van der Waals surface area contributed by atoms with Crippen molar-refractivity contribution >= 4 is 29.2 Å². The molecule has 1 aliphatic rings. The Morgan fingerprint density at radius 1 is 1.00 bits per heavy atom. The molecule has 0 radical (unpaired) electrons. The van der Waals surface area contributed by atoms with Gasteiger partial charge in [0.2, 0.25) is 5.88 Å². The SMILES string of the molecule is CCCCOc1c(Cl)cc(C(=O)Oc2ccc3c(c2)OC(N)=C(C#N)C3c2cccc(OCc3ccccc3F)c2)cc1Cl. The van der Waals surface area contributed by atoms with E-state index < -0.39 is 11.9 Å². The van der Waals surface area contributed by atoms with E-state index in [-0.39, 0.29) is 45.2 Å². The molecule has 1 heterocycles. The third-order valence-corrected chi connectivity index (χ3v) is 7.48. The Labute approximate surface area is 264 Å². The molecule has 2 N–H and O–H groups in total. The number of benzene rings is 4. The number of nitrogens with zero attached hydrogens (tertiary/aromatic N) is 1. The lowest BCUT2D eigenvalue weighted by Crippen LogP contribution is -2.21. The minimum Gasteiger partial charge on any atom is -0.490 e. The van der Waals surface area contributed by atoms with Crippen LogP contribution in [0.2, 0.25) is 10.0 Å². The van der Waals surface area contributed by atoms with E-state index >= 15 is 0 Å². The van der Waals surface area contributed by atoms with Crippen molar-refractivity contribution in [3.63, 3.8) is 0 Å². The zero-order chi connectivity index (χ0) is 31.2. The van der Waals surface area contributed by atoms with Crippen LogP contribution < -0.4 is 24.7 Å². The van der Waals surface area contributed by atoms with Gasteiger partial charge in [-0.05, 0) is 48.4 Å². The van der Waals surface area contributed by atoms with Gasteiger partial charge in [-0.2, -0.15) is 5.26 Å². The van der Waals surface area contributed by atoms with Gasteiger partial charge in [-0.1, -0.05) is 72.9 Å². The molecule has 1 atom stereocenters. The number of carbonyl (C=O) groups excluding carboxylic acids is 1. The highest BCUT2D eigenvalue weighted by atomic mass is 35.5. The molecule has 0 aromatic heterocycles. The first-order valence-corrected chi connectivity index (χ1v) is 14.6. The number of hydrogen-bond donors (Lipinski definition) is 1. The summed E-state index contributed by atoms with van der Waals surface area (Å²) in [5.74, 6) is -0.443. The zero-order valence-corrected chi connectivity index (χ0v) is 25.1. The summed E-state index contributed by atoms with van der Waals surface area (Å²) in [6, 6.07) is 23.3. The number of unbranched alkanes of at least 4 members (excludes halogenated alkanes) is 1. The fraction of sp³-hybridized carbons (Fsp3) is 0.176. The molecule has 0 aliphatic carbocycles. The highest BCUT2D eigenvalue weighted by Crippen LogP contribution is 2.44. The second kappa shape index (κ2) is 13.7. The number of ether oxygens (including phenoxy) is 4. The van der Waals surface area contributed by atoms with Crippen LogP contribution in [0.5, 0.6) is 23.0 Å². The summed E-state index contributed by atoms with van der Waals surface area (Å²) in [5, 5.41) is 10.3. The number of carbonyl (C=O) groups is 1. The van der Waals surface area contributed by atoms with Crippen molar-refractivity contribution in [2.75, 3.05) is 6.61 Å². The number of hydrogen-bond acceptors (Lipinski definition) is 7. The topological polar surface area (TPSA) is 104 Å². The van der Waals surface area contributed by atoms with Gasteiger partial charge in [0.25, 0.3) is 0 Å². The number of fused-ring (bicyclic) bond motifs is 1. The largest absolute Gasteiger partial charge is 0.490 e. The van der Waals surface area contributed by atoms with Crippen molar-refractivity contribution < 1.29 is 28.1 Å². The summed E-state index contributed by atoms with van der Waals surface area (Å²) in [5.41, 5.74) is 8.26. The van der Waals surface area contributed by atoms with E-state index in [0.29, 0.717) is 40.5 Å². The Morgan fingerprint density at radius 3 is 2.50 bits per heavy atom. The minimum absolute atomic E-state index is 0.0311. The molecule has 0 saturated carbocycles. The van der Waals surface area contributed by atoms with Crippen molar-refractivity contribution in [2.24, 2.45) is 5.73 Å². The predicted molar refractivity (Wildman–Crippen MR) is 165 cm³/mol. The van der Waals surface area contributed by atoms with Gasteiger partial charge in [0.1, 0.15) is 41.3 Å². The van der Waals surface area contributed by atoms with Crippen molar-refractivity contribution in [3.8, 4) is 29.1 Å². The van der Waals surface area contributed by atoms with Gasteiger partial charge < -0.3 is 24.7 Å². The Hall–Kier alpha value is -4.71. The third-order valence-electron chi connectivity index (χ3n) is 6.92. The fourth-order valence-corrected chi connectivity index (χ4v) is 5.30. The molecule has 224 valence electrons. The molecule has 1 aliphatic heterocycles. The Balaban J connectivity index is 1.38. The molecule has 0 bridgehead atoms. The quantitative estimate of drug-likeness (QED) is 0.106. The molecule has 4 aromatic carbocycles. The predicted octanol–water partition coefficient (Wildman–Crippen LogP) is 8.33. The van der Waals surface area contributed by atoms with Gasteiger partial charge in [0, 0.05) is 17.2 Å². The highest BCUT2D eigenvalue weighted by Gasteiger charge is 2.31. The maximum Gasteiger partial charge on any atom is 0.343 e. The van der Waals surface area contributed by atoms with Crippen LogP contribution in [-0.4, -0.2) is 12.6 Å². The van der Waals surface area contributed by atoms with E-state index in [1.54, 1.807) is 48.5 Å². The second-order valence-electron chi connectivity index (χ2n) is 9.94. The van der Waals surface area contributed by atoms with Crippen LogP contribution in [0.25, 0.3) is 0 Å². The molecular weight excluding hydrogens is 606 g/mol. The molecule has 5 rings (SSSR count). The molecule has 0 fully saturated rings. The molecule has 0 amide bonds. The Morgan fingerprint density at radius 2 is 1.77 bits per heavy atom. The smallest absolute Gasteiger partial charge is 0.343 e. The average molecular weight is 634 g/mol. The van der Waals surface area contributed by atoms with E-state index in [1.807, 2.05) is 13.0 Å². The summed E-state index contributed by atoms with van der Waals surface area (Å²) < 4.78 is 37.0. The van der Waals surface area contributed by atoms with Crippen LogP contribution in [0, 0.1) is 17.1 Å². The fourth-order valence-electron chi connectivity index (χ4n) is 4.70. The number of rotatable bonds is 10. The molecule has 10 heteroatoms. The van der Waals surface area contributed by atoms with Crippen LogP contribution in [0.4, 0.5) is 4.39 Å².